The van der Waals surface area contributed by atoms with Crippen LogP contribution in [0.3, 0.4) is 0 Å². The first-order chi connectivity index (χ1) is 8.29. The van der Waals surface area contributed by atoms with E-state index in [0.29, 0.717) is 18.3 Å². The molecule has 17 heavy (non-hydrogen) atoms. The standard InChI is InChI=1S/C13H16N4/c1-2-10-5-3-4-6-11(10)9-16-13-15-8-7-12(14)17-13/h3-8H,2,9H2,1H3,(H3,14,15,16,17). The van der Waals surface area contributed by atoms with Crippen molar-refractivity contribution in [2.75, 3.05) is 11.1 Å². The van der Waals surface area contributed by atoms with Crippen LogP contribution < -0.4 is 11.1 Å². The Hall–Kier alpha value is -2.10. The normalized spacial score (nSPS) is 10.2. The Morgan fingerprint density at radius 3 is 2.65 bits per heavy atom. The fourth-order valence-corrected chi connectivity index (χ4v) is 1.71. The van der Waals surface area contributed by atoms with E-state index in [1.807, 2.05) is 6.07 Å². The van der Waals surface area contributed by atoms with Crippen molar-refractivity contribution in [3.05, 3.63) is 47.7 Å². The largest absolute Gasteiger partial charge is 0.384 e. The van der Waals surface area contributed by atoms with Crippen LogP contribution in [0.1, 0.15) is 18.1 Å². The first-order valence-electron chi connectivity index (χ1n) is 5.68. The van der Waals surface area contributed by atoms with Gasteiger partial charge in [0.15, 0.2) is 0 Å². The number of nitrogen functional groups attached to an aromatic ring is 1. The molecule has 0 aliphatic rings. The highest BCUT2D eigenvalue weighted by atomic mass is 15.1. The van der Waals surface area contributed by atoms with Gasteiger partial charge in [-0.2, -0.15) is 4.98 Å². The van der Waals surface area contributed by atoms with Crippen LogP contribution in [-0.2, 0) is 13.0 Å². The summed E-state index contributed by atoms with van der Waals surface area (Å²) in [6, 6.07) is 10.0. The molecule has 0 aliphatic carbocycles. The molecule has 0 radical (unpaired) electrons. The third kappa shape index (κ3) is 2.93. The van der Waals surface area contributed by atoms with Crippen LogP contribution in [0, 0.1) is 0 Å². The Bertz CT molecular complexity index is 496. The summed E-state index contributed by atoms with van der Waals surface area (Å²) in [5.74, 6) is 1.04. The van der Waals surface area contributed by atoms with Crippen LogP contribution in [0.2, 0.25) is 0 Å². The molecule has 0 saturated carbocycles. The zero-order valence-electron chi connectivity index (χ0n) is 9.85. The fraction of sp³-hybridized carbons (Fsp3) is 0.231. The topological polar surface area (TPSA) is 63.8 Å². The maximum Gasteiger partial charge on any atom is 0.224 e. The summed E-state index contributed by atoms with van der Waals surface area (Å²) in [6.45, 7) is 2.86. The lowest BCUT2D eigenvalue weighted by Crippen LogP contribution is -2.06. The lowest BCUT2D eigenvalue weighted by Gasteiger charge is -2.09. The molecule has 2 rings (SSSR count). The molecular weight excluding hydrogens is 212 g/mol. The molecular formula is C13H16N4. The zero-order chi connectivity index (χ0) is 12.1. The third-order valence-electron chi connectivity index (χ3n) is 2.61. The van der Waals surface area contributed by atoms with Gasteiger partial charge in [-0.15, -0.1) is 0 Å². The van der Waals surface area contributed by atoms with Crippen LogP contribution in [-0.4, -0.2) is 9.97 Å². The van der Waals surface area contributed by atoms with Crippen molar-refractivity contribution in [3.8, 4) is 0 Å². The molecule has 1 heterocycles. The SMILES string of the molecule is CCc1ccccc1CNc1nccc(N)n1. The molecule has 0 atom stereocenters. The van der Waals surface area contributed by atoms with Crippen molar-refractivity contribution in [1.29, 1.82) is 0 Å². The van der Waals surface area contributed by atoms with Gasteiger partial charge < -0.3 is 11.1 Å². The van der Waals surface area contributed by atoms with E-state index in [2.05, 4.69) is 40.4 Å². The first kappa shape index (κ1) is 11.4. The number of nitrogens with two attached hydrogens (primary N) is 1. The minimum absolute atomic E-state index is 0.478. The number of hydrogen-bond donors (Lipinski definition) is 2. The molecule has 0 aliphatic heterocycles. The Labute approximate surface area is 101 Å². The van der Waals surface area contributed by atoms with E-state index < -0.39 is 0 Å². The predicted molar refractivity (Wildman–Crippen MR) is 69.6 cm³/mol. The molecule has 0 unspecified atom stereocenters. The highest BCUT2D eigenvalue weighted by molar-refractivity contribution is 5.37. The number of nitrogens with one attached hydrogen (secondary N) is 1. The molecule has 0 saturated heterocycles. The van der Waals surface area contributed by atoms with Crippen molar-refractivity contribution < 1.29 is 0 Å². The Balaban J connectivity index is 2.07. The van der Waals surface area contributed by atoms with Crippen molar-refractivity contribution >= 4 is 11.8 Å². The Morgan fingerprint density at radius 1 is 1.18 bits per heavy atom. The second-order valence-electron chi connectivity index (χ2n) is 3.78. The van der Waals surface area contributed by atoms with Gasteiger partial charge in [-0.1, -0.05) is 31.2 Å². The average Bonchev–Trinajstić information content (AvgIpc) is 2.37. The Kier molecular flexibility index (Phi) is 3.55. The highest BCUT2D eigenvalue weighted by Gasteiger charge is 2.01. The summed E-state index contributed by atoms with van der Waals surface area (Å²) < 4.78 is 0. The van der Waals surface area contributed by atoms with Gasteiger partial charge >= 0.3 is 0 Å². The van der Waals surface area contributed by atoms with Crippen molar-refractivity contribution in [3.63, 3.8) is 0 Å². The zero-order valence-corrected chi connectivity index (χ0v) is 9.85. The van der Waals surface area contributed by atoms with Crippen LogP contribution in [0.5, 0.6) is 0 Å². The van der Waals surface area contributed by atoms with E-state index in [1.54, 1.807) is 12.3 Å². The van der Waals surface area contributed by atoms with Crippen molar-refractivity contribution in [2.24, 2.45) is 0 Å². The van der Waals surface area contributed by atoms with E-state index in [4.69, 9.17) is 5.73 Å². The number of rotatable bonds is 4. The van der Waals surface area contributed by atoms with Gasteiger partial charge in [-0.3, -0.25) is 0 Å². The minimum Gasteiger partial charge on any atom is -0.384 e. The first-order valence-corrected chi connectivity index (χ1v) is 5.68. The summed E-state index contributed by atoms with van der Waals surface area (Å²) in [5, 5.41) is 3.17. The molecule has 0 spiro atoms. The number of benzene rings is 1. The number of hydrogen-bond acceptors (Lipinski definition) is 4. The summed E-state index contributed by atoms with van der Waals surface area (Å²) in [7, 11) is 0. The predicted octanol–water partition coefficient (Wildman–Crippen LogP) is 2.23. The highest BCUT2D eigenvalue weighted by Crippen LogP contribution is 2.11. The molecule has 0 bridgehead atoms. The second-order valence-corrected chi connectivity index (χ2v) is 3.78. The molecule has 0 fully saturated rings. The second kappa shape index (κ2) is 5.30. The maximum atomic E-state index is 5.59. The molecule has 1 aromatic carbocycles. The molecule has 4 nitrogen and oxygen atoms in total. The lowest BCUT2D eigenvalue weighted by molar-refractivity contribution is 1.01. The third-order valence-corrected chi connectivity index (χ3v) is 2.61. The number of aromatic nitrogens is 2. The van der Waals surface area contributed by atoms with Crippen LogP contribution in [0.4, 0.5) is 11.8 Å². The summed E-state index contributed by atoms with van der Waals surface area (Å²) in [4.78, 5) is 8.21. The van der Waals surface area contributed by atoms with Gasteiger partial charge in [0.05, 0.1) is 0 Å². The summed E-state index contributed by atoms with van der Waals surface area (Å²) in [5.41, 5.74) is 8.19. The Morgan fingerprint density at radius 2 is 1.94 bits per heavy atom. The van der Waals surface area contributed by atoms with E-state index in [-0.39, 0.29) is 0 Å². The molecule has 2 aromatic rings. The van der Waals surface area contributed by atoms with Crippen LogP contribution >= 0.6 is 0 Å². The van der Waals surface area contributed by atoms with Gasteiger partial charge in [0.2, 0.25) is 5.95 Å². The van der Waals surface area contributed by atoms with Gasteiger partial charge in [0, 0.05) is 12.7 Å². The number of nitrogens with zero attached hydrogens (tertiary/aromatic N) is 2. The van der Waals surface area contributed by atoms with Crippen LogP contribution in [0.25, 0.3) is 0 Å². The number of aryl methyl sites for hydroxylation is 1. The van der Waals surface area contributed by atoms with E-state index in [9.17, 15) is 0 Å². The molecule has 4 heteroatoms. The molecule has 88 valence electrons. The molecule has 0 amide bonds. The van der Waals surface area contributed by atoms with Crippen LogP contribution in [0.15, 0.2) is 36.5 Å². The molecule has 1 aromatic heterocycles. The van der Waals surface area contributed by atoms with E-state index in [0.717, 1.165) is 6.42 Å². The fourth-order valence-electron chi connectivity index (χ4n) is 1.71. The monoisotopic (exact) mass is 228 g/mol. The van der Waals surface area contributed by atoms with Gasteiger partial charge in [0.1, 0.15) is 5.82 Å². The lowest BCUT2D eigenvalue weighted by atomic mass is 10.1. The van der Waals surface area contributed by atoms with Crippen molar-refractivity contribution in [2.45, 2.75) is 19.9 Å². The van der Waals surface area contributed by atoms with Gasteiger partial charge in [0.25, 0.3) is 0 Å². The van der Waals surface area contributed by atoms with E-state index >= 15 is 0 Å². The minimum atomic E-state index is 0.478. The molecule has 3 N–H and O–H groups in total. The number of anilines is 2. The smallest absolute Gasteiger partial charge is 0.224 e. The van der Waals surface area contributed by atoms with Crippen molar-refractivity contribution in [1.82, 2.24) is 9.97 Å². The summed E-state index contributed by atoms with van der Waals surface area (Å²) >= 11 is 0. The average molecular weight is 228 g/mol. The van der Waals surface area contributed by atoms with Gasteiger partial charge in [-0.25, -0.2) is 4.98 Å². The summed E-state index contributed by atoms with van der Waals surface area (Å²) in [6.07, 6.45) is 2.67. The van der Waals surface area contributed by atoms with E-state index in [1.165, 1.54) is 11.1 Å². The maximum absolute atomic E-state index is 5.59. The quantitative estimate of drug-likeness (QED) is 0.842. The van der Waals surface area contributed by atoms with Gasteiger partial charge in [-0.05, 0) is 23.6 Å².